The minimum absolute atomic E-state index is 0.0597. The summed E-state index contributed by atoms with van der Waals surface area (Å²) >= 11 is 12.8. The van der Waals surface area contributed by atoms with E-state index in [1.165, 1.54) is 0 Å². The van der Waals surface area contributed by atoms with Crippen molar-refractivity contribution in [3.05, 3.63) is 69.7 Å². The highest BCUT2D eigenvalue weighted by Gasteiger charge is 2.19. The Bertz CT molecular complexity index is 669. The number of unbranched alkanes of at least 4 members (excludes halogenated alkanes) is 2. The van der Waals surface area contributed by atoms with Crippen molar-refractivity contribution in [2.45, 2.75) is 31.6 Å². The van der Waals surface area contributed by atoms with Gasteiger partial charge in [-0.05, 0) is 36.1 Å². The lowest BCUT2D eigenvalue weighted by Crippen LogP contribution is -2.03. The second kappa shape index (κ2) is 9.03. The van der Waals surface area contributed by atoms with E-state index in [9.17, 15) is 4.57 Å². The van der Waals surface area contributed by atoms with Crippen LogP contribution in [-0.2, 0) is 4.57 Å². The summed E-state index contributed by atoms with van der Waals surface area (Å²) in [7, 11) is -3.90. The van der Waals surface area contributed by atoms with Crippen molar-refractivity contribution in [1.29, 1.82) is 0 Å². The van der Waals surface area contributed by atoms with Crippen LogP contribution in [0.4, 0.5) is 0 Å². The molecule has 0 aliphatic carbocycles. The van der Waals surface area contributed by atoms with E-state index in [-0.39, 0.29) is 12.1 Å². The molecule has 0 fully saturated rings. The Morgan fingerprint density at radius 3 is 1.79 bits per heavy atom. The zero-order valence-electron chi connectivity index (χ0n) is 13.2. The van der Waals surface area contributed by atoms with Gasteiger partial charge in [0.15, 0.2) is 0 Å². The quantitative estimate of drug-likeness (QED) is 0.440. The lowest BCUT2D eigenvalue weighted by Gasteiger charge is -2.20. The maximum Gasteiger partial charge on any atom is 0.325 e. The molecule has 0 saturated carbocycles. The van der Waals surface area contributed by atoms with E-state index in [2.05, 4.69) is 0 Å². The van der Waals surface area contributed by atoms with Crippen LogP contribution in [0.5, 0.6) is 0 Å². The van der Waals surface area contributed by atoms with Gasteiger partial charge in [-0.3, -0.25) is 4.57 Å². The monoisotopic (exact) mass is 386 g/mol. The molecule has 2 aromatic rings. The number of rotatable bonds is 8. The maximum atomic E-state index is 10.9. The van der Waals surface area contributed by atoms with Crippen LogP contribution in [0.2, 0.25) is 10.0 Å². The van der Waals surface area contributed by atoms with Gasteiger partial charge >= 0.3 is 7.60 Å². The Morgan fingerprint density at radius 1 is 0.833 bits per heavy atom. The molecule has 0 amide bonds. The predicted molar refractivity (Wildman–Crippen MR) is 100 cm³/mol. The topological polar surface area (TPSA) is 57.5 Å². The van der Waals surface area contributed by atoms with Gasteiger partial charge in [0.05, 0.1) is 0 Å². The van der Waals surface area contributed by atoms with E-state index in [0.29, 0.717) is 16.5 Å². The SMILES string of the molecule is O=P(O)(O)CCCCCC(c1ccccc1Cl)c1ccccc1Cl. The number of hydrogen-bond acceptors (Lipinski definition) is 1. The third-order valence-corrected chi connectivity index (χ3v) is 5.59. The van der Waals surface area contributed by atoms with Gasteiger partial charge in [-0.15, -0.1) is 0 Å². The average Bonchev–Trinajstić information content (AvgIpc) is 2.52. The molecular formula is C18H21Cl2O3P. The number of hydrogen-bond donors (Lipinski definition) is 2. The Kier molecular flexibility index (Phi) is 7.34. The van der Waals surface area contributed by atoms with E-state index < -0.39 is 7.60 Å². The molecule has 0 spiro atoms. The minimum atomic E-state index is -3.90. The second-order valence-corrected chi connectivity index (χ2v) is 8.42. The molecule has 24 heavy (non-hydrogen) atoms. The summed E-state index contributed by atoms with van der Waals surface area (Å²) in [6.07, 6.45) is 2.89. The van der Waals surface area contributed by atoms with Gasteiger partial charge in [-0.2, -0.15) is 0 Å². The maximum absolute atomic E-state index is 10.9. The average molecular weight is 387 g/mol. The molecule has 2 aromatic carbocycles. The highest BCUT2D eigenvalue weighted by Crippen LogP contribution is 2.39. The van der Waals surface area contributed by atoms with Crippen LogP contribution in [0.3, 0.4) is 0 Å². The Labute approximate surface area is 152 Å². The molecule has 0 aliphatic rings. The lowest BCUT2D eigenvalue weighted by atomic mass is 9.87. The molecule has 0 radical (unpaired) electrons. The molecular weight excluding hydrogens is 366 g/mol. The molecule has 0 unspecified atom stereocenters. The summed E-state index contributed by atoms with van der Waals surface area (Å²) in [6, 6.07) is 15.5. The van der Waals surface area contributed by atoms with E-state index in [4.69, 9.17) is 33.0 Å². The predicted octanol–water partition coefficient (Wildman–Crippen LogP) is 5.86. The lowest BCUT2D eigenvalue weighted by molar-refractivity contribution is 0.370. The normalized spacial score (nSPS) is 11.9. The van der Waals surface area contributed by atoms with Crippen molar-refractivity contribution >= 4 is 30.8 Å². The summed E-state index contributed by atoms with van der Waals surface area (Å²) < 4.78 is 10.9. The van der Waals surface area contributed by atoms with Gasteiger partial charge < -0.3 is 9.79 Å². The molecule has 0 bridgehead atoms. The molecule has 0 heterocycles. The number of benzene rings is 2. The highest BCUT2D eigenvalue weighted by molar-refractivity contribution is 7.51. The first-order valence-electron chi connectivity index (χ1n) is 7.92. The van der Waals surface area contributed by atoms with Gasteiger partial charge in [-0.25, -0.2) is 0 Å². The van der Waals surface area contributed by atoms with Crippen LogP contribution in [0.15, 0.2) is 48.5 Å². The van der Waals surface area contributed by atoms with Crippen LogP contribution in [-0.4, -0.2) is 15.9 Å². The summed E-state index contributed by atoms with van der Waals surface area (Å²) in [5.74, 6) is 0.0717. The first kappa shape index (κ1) is 19.5. The third kappa shape index (κ3) is 5.91. The molecule has 2 N–H and O–H groups in total. The second-order valence-electron chi connectivity index (χ2n) is 5.83. The summed E-state index contributed by atoms with van der Waals surface area (Å²) in [4.78, 5) is 17.9. The molecule has 0 saturated heterocycles. The van der Waals surface area contributed by atoms with Crippen molar-refractivity contribution in [2.75, 3.05) is 6.16 Å². The van der Waals surface area contributed by atoms with E-state index >= 15 is 0 Å². The fraction of sp³-hybridized carbons (Fsp3) is 0.333. The third-order valence-electron chi connectivity index (χ3n) is 4.00. The Morgan fingerprint density at radius 2 is 1.33 bits per heavy atom. The van der Waals surface area contributed by atoms with E-state index in [1.807, 2.05) is 48.5 Å². The van der Waals surface area contributed by atoms with E-state index in [0.717, 1.165) is 30.4 Å². The Balaban J connectivity index is 2.12. The highest BCUT2D eigenvalue weighted by atomic mass is 35.5. The fourth-order valence-corrected chi connectivity index (χ4v) is 4.01. The zero-order valence-corrected chi connectivity index (χ0v) is 15.6. The van der Waals surface area contributed by atoms with Crippen molar-refractivity contribution < 1.29 is 14.4 Å². The van der Waals surface area contributed by atoms with Crippen molar-refractivity contribution in [3.8, 4) is 0 Å². The van der Waals surface area contributed by atoms with E-state index in [1.54, 1.807) is 0 Å². The molecule has 3 nitrogen and oxygen atoms in total. The summed E-state index contributed by atoms with van der Waals surface area (Å²) in [5, 5.41) is 1.41. The smallest absolute Gasteiger partial charge is 0.324 e. The van der Waals surface area contributed by atoms with Crippen molar-refractivity contribution in [3.63, 3.8) is 0 Å². The first-order valence-corrected chi connectivity index (χ1v) is 10.5. The first-order chi connectivity index (χ1) is 11.4. The molecule has 0 atom stereocenters. The molecule has 130 valence electrons. The van der Waals surface area contributed by atoms with Gasteiger partial charge in [-0.1, -0.05) is 72.4 Å². The van der Waals surface area contributed by atoms with Crippen LogP contribution < -0.4 is 0 Å². The minimum Gasteiger partial charge on any atom is -0.324 e. The summed E-state index contributed by atoms with van der Waals surface area (Å²) in [6.45, 7) is 0. The molecule has 0 aliphatic heterocycles. The molecule has 0 aromatic heterocycles. The van der Waals surface area contributed by atoms with Crippen LogP contribution >= 0.6 is 30.8 Å². The summed E-state index contributed by atoms with van der Waals surface area (Å²) in [5.41, 5.74) is 2.06. The number of halogens is 2. The fourth-order valence-electron chi connectivity index (χ4n) is 2.84. The van der Waals surface area contributed by atoms with Gasteiger partial charge in [0, 0.05) is 22.1 Å². The largest absolute Gasteiger partial charge is 0.325 e. The molecule has 6 heteroatoms. The van der Waals surface area contributed by atoms with Gasteiger partial charge in [0.25, 0.3) is 0 Å². The van der Waals surface area contributed by atoms with Gasteiger partial charge in [0.2, 0.25) is 0 Å². The van der Waals surface area contributed by atoms with Crippen molar-refractivity contribution in [1.82, 2.24) is 0 Å². The van der Waals surface area contributed by atoms with Gasteiger partial charge in [0.1, 0.15) is 0 Å². The van der Waals surface area contributed by atoms with Crippen LogP contribution in [0, 0.1) is 0 Å². The van der Waals surface area contributed by atoms with Crippen molar-refractivity contribution in [2.24, 2.45) is 0 Å². The molecule has 2 rings (SSSR count). The van der Waals surface area contributed by atoms with Crippen LogP contribution in [0.25, 0.3) is 0 Å². The zero-order chi connectivity index (χ0) is 17.6. The standard InChI is InChI=1S/C18H21Cl2O3P/c19-17-11-5-3-9-15(17)14(16-10-4-6-12-18(16)20)8-2-1-7-13-24(21,22)23/h3-6,9-12,14H,1-2,7-8,13H2,(H2,21,22,23). The van der Waals surface area contributed by atoms with Crippen LogP contribution in [0.1, 0.15) is 42.7 Å². The Hall–Kier alpha value is -0.830.